The van der Waals surface area contributed by atoms with Crippen LogP contribution in [0.2, 0.25) is 0 Å². The van der Waals surface area contributed by atoms with Gasteiger partial charge in [-0.05, 0) is 50.3 Å². The second kappa shape index (κ2) is 9.91. The maximum Gasteiger partial charge on any atom is 0.332 e. The first-order valence-corrected chi connectivity index (χ1v) is 12.0. The highest BCUT2D eigenvalue weighted by Gasteiger charge is 2.20. The molecule has 1 aromatic carbocycles. The summed E-state index contributed by atoms with van der Waals surface area (Å²) in [6, 6.07) is 5.99. The number of aromatic nitrogens is 4. The summed E-state index contributed by atoms with van der Waals surface area (Å²) in [5.41, 5.74) is 2.87. The van der Waals surface area contributed by atoms with E-state index in [1.54, 1.807) is 6.92 Å². The molecule has 0 aliphatic rings. The molecule has 1 N–H and O–H groups in total. The van der Waals surface area contributed by atoms with Crippen molar-refractivity contribution in [3.05, 3.63) is 61.6 Å². The predicted molar refractivity (Wildman–Crippen MR) is 132 cm³/mol. The van der Waals surface area contributed by atoms with Crippen molar-refractivity contribution in [1.82, 2.24) is 24.4 Å². The van der Waals surface area contributed by atoms with Gasteiger partial charge < -0.3 is 5.32 Å². The molecular weight excluding hydrogens is 438 g/mol. The number of nitrogens with one attached hydrogen (secondary N) is 1. The van der Waals surface area contributed by atoms with Gasteiger partial charge in [-0.2, -0.15) is 0 Å². The van der Waals surface area contributed by atoms with E-state index in [2.05, 4.69) is 28.3 Å². The van der Waals surface area contributed by atoms with Crippen LogP contribution in [0.1, 0.15) is 49.3 Å². The van der Waals surface area contributed by atoms with E-state index in [1.165, 1.54) is 34.5 Å². The van der Waals surface area contributed by atoms with E-state index in [0.29, 0.717) is 23.0 Å². The molecule has 0 radical (unpaired) electrons. The summed E-state index contributed by atoms with van der Waals surface area (Å²) < 4.78 is 2.59. The zero-order chi connectivity index (χ0) is 24.4. The summed E-state index contributed by atoms with van der Waals surface area (Å²) in [6.45, 7) is 12.2. The minimum Gasteiger partial charge on any atom is -0.349 e. The lowest BCUT2D eigenvalue weighted by Gasteiger charge is -2.16. The zero-order valence-electron chi connectivity index (χ0n) is 20.2. The molecule has 33 heavy (non-hydrogen) atoms. The molecule has 0 saturated heterocycles. The number of thioether (sulfide) groups is 1. The molecule has 0 saturated carbocycles. The monoisotopic (exact) mass is 469 g/mol. The Morgan fingerprint density at radius 2 is 1.79 bits per heavy atom. The molecule has 8 nitrogen and oxygen atoms in total. The molecule has 9 heteroatoms. The van der Waals surface area contributed by atoms with Crippen molar-refractivity contribution in [1.29, 1.82) is 0 Å². The normalized spacial score (nSPS) is 12.4. The molecule has 0 aliphatic carbocycles. The lowest BCUT2D eigenvalue weighted by atomic mass is 10.0. The second-order valence-corrected chi connectivity index (χ2v) is 9.81. The summed E-state index contributed by atoms with van der Waals surface area (Å²) in [5.74, 6) is 0.557. The van der Waals surface area contributed by atoms with E-state index in [-0.39, 0.29) is 29.0 Å². The Morgan fingerprint density at radius 3 is 2.42 bits per heavy atom. The Kier molecular flexibility index (Phi) is 7.41. The number of aryl methyl sites for hydroxylation is 3. The summed E-state index contributed by atoms with van der Waals surface area (Å²) in [6.07, 6.45) is 0. The molecule has 0 bridgehead atoms. The summed E-state index contributed by atoms with van der Waals surface area (Å²) in [4.78, 5) is 47.2. The zero-order valence-corrected chi connectivity index (χ0v) is 21.0. The molecule has 2 heterocycles. The second-order valence-electron chi connectivity index (χ2n) is 8.85. The van der Waals surface area contributed by atoms with Crippen molar-refractivity contribution in [2.45, 2.75) is 59.2 Å². The highest BCUT2D eigenvalue weighted by Crippen LogP contribution is 2.23. The van der Waals surface area contributed by atoms with Gasteiger partial charge in [-0.15, -0.1) is 0 Å². The molecule has 176 valence electrons. The molecule has 0 spiro atoms. The van der Waals surface area contributed by atoms with Crippen LogP contribution >= 0.6 is 11.8 Å². The Bertz CT molecular complexity index is 1330. The minimum atomic E-state index is -0.457. The Labute approximate surface area is 197 Å². The van der Waals surface area contributed by atoms with Gasteiger partial charge in [-0.1, -0.05) is 43.8 Å². The van der Waals surface area contributed by atoms with Crippen molar-refractivity contribution < 1.29 is 4.79 Å². The standard InChI is InChI=1S/C24H31N5O3S/c1-13(2)11-29-21-20(23(31)28(7)24(29)32)22(27-17(6)26-21)33-12-19(30)25-16(5)18-9-8-14(3)15(4)10-18/h8-10,13,16H,11-12H2,1-7H3,(H,25,30). The third-order valence-corrected chi connectivity index (χ3v) is 6.53. The number of benzene rings is 1. The van der Waals surface area contributed by atoms with E-state index in [9.17, 15) is 14.4 Å². The number of carbonyl (C=O) groups is 1. The third-order valence-electron chi connectivity index (χ3n) is 5.56. The minimum absolute atomic E-state index is 0.0905. The fourth-order valence-electron chi connectivity index (χ4n) is 3.61. The maximum atomic E-state index is 12.9. The average Bonchev–Trinajstić information content (AvgIpc) is 2.74. The lowest BCUT2D eigenvalue weighted by Crippen LogP contribution is -2.39. The van der Waals surface area contributed by atoms with Gasteiger partial charge >= 0.3 is 5.69 Å². The highest BCUT2D eigenvalue weighted by atomic mass is 32.2. The van der Waals surface area contributed by atoms with Crippen LogP contribution in [0.3, 0.4) is 0 Å². The van der Waals surface area contributed by atoms with Gasteiger partial charge in [0.2, 0.25) is 5.91 Å². The molecular formula is C24H31N5O3S. The Balaban J connectivity index is 1.89. The number of rotatable bonds is 7. The average molecular weight is 470 g/mol. The van der Waals surface area contributed by atoms with Gasteiger partial charge in [0.05, 0.1) is 11.8 Å². The van der Waals surface area contributed by atoms with Crippen LogP contribution in [0.4, 0.5) is 0 Å². The lowest BCUT2D eigenvalue weighted by molar-refractivity contribution is -0.119. The molecule has 3 rings (SSSR count). The van der Waals surface area contributed by atoms with Crippen molar-refractivity contribution in [3.63, 3.8) is 0 Å². The molecule has 1 atom stereocenters. The van der Waals surface area contributed by atoms with Gasteiger partial charge in [0, 0.05) is 13.6 Å². The fraction of sp³-hybridized carbons (Fsp3) is 0.458. The Morgan fingerprint density at radius 1 is 1.09 bits per heavy atom. The third kappa shape index (κ3) is 5.35. The van der Waals surface area contributed by atoms with Crippen LogP contribution in [-0.2, 0) is 18.4 Å². The largest absolute Gasteiger partial charge is 0.349 e. The van der Waals surface area contributed by atoms with Crippen molar-refractivity contribution in [3.8, 4) is 0 Å². The van der Waals surface area contributed by atoms with Gasteiger partial charge in [-0.3, -0.25) is 18.7 Å². The Hall–Kier alpha value is -2.94. The quantitative estimate of drug-likeness (QED) is 0.422. The van der Waals surface area contributed by atoms with Crippen LogP contribution in [0.25, 0.3) is 11.0 Å². The summed E-state index contributed by atoms with van der Waals surface area (Å²) in [7, 11) is 1.45. The molecule has 0 fully saturated rings. The van der Waals surface area contributed by atoms with Crippen LogP contribution in [-0.4, -0.2) is 30.8 Å². The van der Waals surface area contributed by atoms with Crippen LogP contribution in [0, 0.1) is 26.7 Å². The predicted octanol–water partition coefficient (Wildman–Crippen LogP) is 3.04. The number of hydrogen-bond acceptors (Lipinski definition) is 6. The maximum absolute atomic E-state index is 12.9. The van der Waals surface area contributed by atoms with Crippen LogP contribution in [0.5, 0.6) is 0 Å². The van der Waals surface area contributed by atoms with Crippen LogP contribution in [0.15, 0.2) is 32.8 Å². The van der Waals surface area contributed by atoms with Gasteiger partial charge in [-0.25, -0.2) is 14.8 Å². The van der Waals surface area contributed by atoms with E-state index < -0.39 is 11.2 Å². The van der Waals surface area contributed by atoms with Gasteiger partial charge in [0.15, 0.2) is 5.65 Å². The summed E-state index contributed by atoms with van der Waals surface area (Å²) >= 11 is 1.18. The molecule has 0 aliphatic heterocycles. The van der Waals surface area contributed by atoms with E-state index >= 15 is 0 Å². The smallest absolute Gasteiger partial charge is 0.332 e. The topological polar surface area (TPSA) is 98.9 Å². The molecule has 3 aromatic rings. The first kappa shape index (κ1) is 24.7. The van der Waals surface area contributed by atoms with Crippen molar-refractivity contribution in [2.75, 3.05) is 5.75 Å². The summed E-state index contributed by atoms with van der Waals surface area (Å²) in [5, 5.41) is 3.68. The number of hydrogen-bond donors (Lipinski definition) is 1. The highest BCUT2D eigenvalue weighted by molar-refractivity contribution is 8.00. The van der Waals surface area contributed by atoms with Crippen molar-refractivity contribution >= 4 is 28.7 Å². The van der Waals surface area contributed by atoms with Gasteiger partial charge in [0.25, 0.3) is 5.56 Å². The number of amides is 1. The number of carbonyl (C=O) groups excluding carboxylic acids is 1. The first-order chi connectivity index (χ1) is 15.5. The first-order valence-electron chi connectivity index (χ1n) is 11.0. The molecule has 1 unspecified atom stereocenters. The van der Waals surface area contributed by atoms with Gasteiger partial charge in [0.1, 0.15) is 16.2 Å². The van der Waals surface area contributed by atoms with E-state index in [4.69, 9.17) is 0 Å². The van der Waals surface area contributed by atoms with Crippen LogP contribution < -0.4 is 16.6 Å². The van der Waals surface area contributed by atoms with E-state index in [1.807, 2.05) is 39.8 Å². The fourth-order valence-corrected chi connectivity index (χ4v) is 4.48. The number of fused-ring (bicyclic) bond motifs is 1. The van der Waals surface area contributed by atoms with E-state index in [0.717, 1.165) is 10.1 Å². The molecule has 1 amide bonds. The molecule has 2 aromatic heterocycles. The number of nitrogens with zero attached hydrogens (tertiary/aromatic N) is 4. The van der Waals surface area contributed by atoms with Crippen molar-refractivity contribution in [2.24, 2.45) is 13.0 Å². The SMILES string of the molecule is Cc1nc(SCC(=O)NC(C)c2ccc(C)c(C)c2)c2c(=O)n(C)c(=O)n(CC(C)C)c2n1.